The summed E-state index contributed by atoms with van der Waals surface area (Å²) in [5, 5.41) is 13.2. The summed E-state index contributed by atoms with van der Waals surface area (Å²) in [5.41, 5.74) is 0.887. The first-order valence-corrected chi connectivity index (χ1v) is 9.32. The van der Waals surface area contributed by atoms with E-state index >= 15 is 0 Å². The number of nitrogens with one attached hydrogen (secondary N) is 1. The molecular weight excluding hydrogens is 352 g/mol. The number of hydrogen-bond acceptors (Lipinski definition) is 5. The number of ether oxygens (including phenoxy) is 1. The summed E-state index contributed by atoms with van der Waals surface area (Å²) in [5.74, 6) is 2.32. The van der Waals surface area contributed by atoms with Crippen molar-refractivity contribution >= 4 is 23.8 Å². The molecule has 6 nitrogen and oxygen atoms in total. The van der Waals surface area contributed by atoms with Crippen LogP contribution in [0, 0.1) is 12.3 Å². The number of benzene rings is 1. The molecular formula is C19H24N2O4S. The molecule has 140 valence electrons. The highest BCUT2D eigenvalue weighted by Gasteiger charge is 2.38. The Bertz CT molecular complexity index is 672. The van der Waals surface area contributed by atoms with Crippen molar-refractivity contribution in [3.63, 3.8) is 0 Å². The lowest BCUT2D eigenvalue weighted by Crippen LogP contribution is -2.52. The van der Waals surface area contributed by atoms with Gasteiger partial charge in [0.2, 0.25) is 0 Å². The molecule has 1 aliphatic heterocycles. The molecule has 0 unspecified atom stereocenters. The minimum atomic E-state index is -1.37. The number of carbonyl (C=O) groups excluding carboxylic acids is 2. The van der Waals surface area contributed by atoms with Gasteiger partial charge in [0, 0.05) is 11.3 Å². The highest BCUT2D eigenvalue weighted by molar-refractivity contribution is 8.00. The molecule has 0 spiro atoms. The lowest BCUT2D eigenvalue weighted by atomic mass is 10.00. The van der Waals surface area contributed by atoms with E-state index in [9.17, 15) is 14.7 Å². The Morgan fingerprint density at radius 1 is 1.42 bits per heavy atom. The van der Waals surface area contributed by atoms with Crippen molar-refractivity contribution in [1.82, 2.24) is 10.2 Å². The Morgan fingerprint density at radius 2 is 2.12 bits per heavy atom. The number of amides is 2. The molecule has 0 saturated carbocycles. The van der Waals surface area contributed by atoms with E-state index in [2.05, 4.69) is 11.2 Å². The van der Waals surface area contributed by atoms with Crippen LogP contribution in [0.3, 0.4) is 0 Å². The number of aliphatic hydroxyl groups excluding tert-OH is 1. The summed E-state index contributed by atoms with van der Waals surface area (Å²) >= 11 is 1.65. The van der Waals surface area contributed by atoms with E-state index in [0.717, 1.165) is 5.56 Å². The SMILES string of the molecule is C#CCOC(=O)N[C@@H](Cc1ccccc1)[C@H](O)C(=O)N1CSC(C)(C)C1. The number of rotatable bonds is 6. The lowest BCUT2D eigenvalue weighted by Gasteiger charge is -2.27. The van der Waals surface area contributed by atoms with Crippen LogP contribution < -0.4 is 5.32 Å². The van der Waals surface area contributed by atoms with Crippen LogP contribution in [0.4, 0.5) is 4.79 Å². The molecule has 2 rings (SSSR count). The molecule has 0 bridgehead atoms. The fraction of sp³-hybridized carbons (Fsp3) is 0.474. The summed E-state index contributed by atoms with van der Waals surface area (Å²) in [6, 6.07) is 8.51. The predicted octanol–water partition coefficient (Wildman–Crippen LogP) is 1.63. The fourth-order valence-corrected chi connectivity index (χ4v) is 3.69. The fourth-order valence-electron chi connectivity index (χ4n) is 2.71. The number of carbonyl (C=O) groups is 2. The normalized spacial score (nSPS) is 17.8. The van der Waals surface area contributed by atoms with Gasteiger partial charge < -0.3 is 20.1 Å². The molecule has 2 amide bonds. The zero-order valence-corrected chi connectivity index (χ0v) is 15.8. The zero-order chi connectivity index (χ0) is 19.2. The number of hydrogen-bond donors (Lipinski definition) is 2. The monoisotopic (exact) mass is 376 g/mol. The molecule has 2 atom stereocenters. The van der Waals surface area contributed by atoms with Crippen LogP contribution in [0.5, 0.6) is 0 Å². The Balaban J connectivity index is 2.09. The topological polar surface area (TPSA) is 78.9 Å². The van der Waals surface area contributed by atoms with E-state index in [-0.39, 0.29) is 11.4 Å². The smallest absolute Gasteiger partial charge is 0.408 e. The first-order valence-electron chi connectivity index (χ1n) is 8.34. The summed E-state index contributed by atoms with van der Waals surface area (Å²) in [6.45, 7) is 4.47. The molecule has 1 saturated heterocycles. The van der Waals surface area contributed by atoms with Gasteiger partial charge in [-0.05, 0) is 25.8 Å². The van der Waals surface area contributed by atoms with Crippen LogP contribution in [0.25, 0.3) is 0 Å². The standard InChI is InChI=1S/C19H24N2O4S/c1-4-10-25-18(24)20-15(11-14-8-6-5-7-9-14)16(22)17(23)21-12-19(2,3)26-13-21/h1,5-9,15-16,22H,10-13H2,2-3H3,(H,20,24)/t15-,16-/m0/s1. The Hall–Kier alpha value is -2.17. The van der Waals surface area contributed by atoms with Crippen molar-refractivity contribution < 1.29 is 19.4 Å². The minimum absolute atomic E-state index is 0.0521. The molecule has 26 heavy (non-hydrogen) atoms. The van der Waals surface area contributed by atoms with Gasteiger partial charge in [-0.1, -0.05) is 36.3 Å². The third-order valence-corrected chi connectivity index (χ3v) is 5.37. The molecule has 7 heteroatoms. The van der Waals surface area contributed by atoms with Gasteiger partial charge in [-0.2, -0.15) is 0 Å². The minimum Gasteiger partial charge on any atom is -0.436 e. The Kier molecular flexibility index (Phi) is 6.95. The molecule has 2 N–H and O–H groups in total. The highest BCUT2D eigenvalue weighted by atomic mass is 32.2. The van der Waals surface area contributed by atoms with Gasteiger partial charge in [-0.25, -0.2) is 4.79 Å². The molecule has 0 aliphatic carbocycles. The average Bonchev–Trinajstić information content (AvgIpc) is 2.99. The molecule has 1 aliphatic rings. The van der Waals surface area contributed by atoms with Crippen LogP contribution >= 0.6 is 11.8 Å². The van der Waals surface area contributed by atoms with Crippen molar-refractivity contribution in [3.05, 3.63) is 35.9 Å². The summed E-state index contributed by atoms with van der Waals surface area (Å²) in [6.07, 6.45) is 3.25. The van der Waals surface area contributed by atoms with Gasteiger partial charge in [0.1, 0.15) is 0 Å². The number of thioether (sulfide) groups is 1. The number of terminal acetylenes is 1. The first-order chi connectivity index (χ1) is 12.3. The van der Waals surface area contributed by atoms with Crippen molar-refractivity contribution in [2.75, 3.05) is 19.0 Å². The van der Waals surface area contributed by atoms with Gasteiger partial charge in [0.25, 0.3) is 5.91 Å². The maximum absolute atomic E-state index is 12.7. The van der Waals surface area contributed by atoms with Crippen LogP contribution in [0.2, 0.25) is 0 Å². The van der Waals surface area contributed by atoms with Gasteiger partial charge >= 0.3 is 6.09 Å². The van der Waals surface area contributed by atoms with E-state index < -0.39 is 24.1 Å². The van der Waals surface area contributed by atoms with Crippen molar-refractivity contribution in [1.29, 1.82) is 0 Å². The molecule has 0 aromatic heterocycles. The second kappa shape index (κ2) is 8.97. The molecule has 1 aromatic rings. The van der Waals surface area contributed by atoms with Crippen LogP contribution in [0.15, 0.2) is 30.3 Å². The van der Waals surface area contributed by atoms with Crippen LogP contribution in [-0.2, 0) is 16.0 Å². The zero-order valence-electron chi connectivity index (χ0n) is 15.0. The van der Waals surface area contributed by atoms with Crippen molar-refractivity contribution in [3.8, 4) is 12.3 Å². The molecule has 1 aromatic carbocycles. The maximum atomic E-state index is 12.7. The quantitative estimate of drug-likeness (QED) is 0.738. The van der Waals surface area contributed by atoms with Crippen LogP contribution in [-0.4, -0.2) is 57.9 Å². The Labute approximate surface area is 158 Å². The van der Waals surface area contributed by atoms with E-state index in [1.165, 1.54) is 0 Å². The van der Waals surface area contributed by atoms with E-state index in [1.807, 2.05) is 44.2 Å². The van der Waals surface area contributed by atoms with E-state index in [0.29, 0.717) is 18.8 Å². The molecule has 1 fully saturated rings. The largest absolute Gasteiger partial charge is 0.436 e. The number of nitrogens with zero attached hydrogens (tertiary/aromatic N) is 1. The van der Waals surface area contributed by atoms with Crippen LogP contribution in [0.1, 0.15) is 19.4 Å². The number of alkyl carbamates (subject to hydrolysis) is 1. The van der Waals surface area contributed by atoms with E-state index in [4.69, 9.17) is 11.2 Å². The Morgan fingerprint density at radius 3 is 2.69 bits per heavy atom. The first kappa shape index (κ1) is 20.1. The predicted molar refractivity (Wildman–Crippen MR) is 102 cm³/mol. The summed E-state index contributed by atoms with van der Waals surface area (Å²) in [4.78, 5) is 26.2. The third kappa shape index (κ3) is 5.68. The summed E-state index contributed by atoms with van der Waals surface area (Å²) in [7, 11) is 0. The average molecular weight is 376 g/mol. The summed E-state index contributed by atoms with van der Waals surface area (Å²) < 4.78 is 4.77. The lowest BCUT2D eigenvalue weighted by molar-refractivity contribution is -0.140. The second-order valence-corrected chi connectivity index (χ2v) is 8.39. The molecule has 1 heterocycles. The van der Waals surface area contributed by atoms with Gasteiger partial charge in [0.05, 0.1) is 11.9 Å². The van der Waals surface area contributed by atoms with Crippen molar-refractivity contribution in [2.24, 2.45) is 0 Å². The van der Waals surface area contributed by atoms with E-state index in [1.54, 1.807) is 16.7 Å². The van der Waals surface area contributed by atoms with Gasteiger partial charge in [0.15, 0.2) is 12.7 Å². The van der Waals surface area contributed by atoms with Gasteiger partial charge in [-0.15, -0.1) is 18.2 Å². The second-order valence-electron chi connectivity index (χ2n) is 6.73. The van der Waals surface area contributed by atoms with Crippen molar-refractivity contribution in [2.45, 2.75) is 37.2 Å². The highest BCUT2D eigenvalue weighted by Crippen LogP contribution is 2.33. The maximum Gasteiger partial charge on any atom is 0.408 e. The van der Waals surface area contributed by atoms with Gasteiger partial charge in [-0.3, -0.25) is 4.79 Å². The molecule has 0 radical (unpaired) electrons. The third-order valence-electron chi connectivity index (χ3n) is 4.02. The number of aliphatic hydroxyl groups is 1.